The molecule has 1 fully saturated rings. The van der Waals surface area contributed by atoms with Crippen LogP contribution in [-0.4, -0.2) is 17.1 Å². The molecule has 2 atom stereocenters. The van der Waals surface area contributed by atoms with Gasteiger partial charge in [-0.15, -0.1) is 24.8 Å². The van der Waals surface area contributed by atoms with Gasteiger partial charge in [0.05, 0.1) is 5.52 Å². The van der Waals surface area contributed by atoms with E-state index in [9.17, 15) is 0 Å². The fourth-order valence-corrected chi connectivity index (χ4v) is 4.14. The van der Waals surface area contributed by atoms with E-state index in [-0.39, 0.29) is 24.8 Å². The van der Waals surface area contributed by atoms with E-state index in [2.05, 4.69) is 33.8 Å². The van der Waals surface area contributed by atoms with E-state index in [1.54, 1.807) is 0 Å². The topological polar surface area (TPSA) is 37.0 Å². The molecule has 156 valence electrons. The molecule has 1 aliphatic rings. The van der Waals surface area contributed by atoms with Gasteiger partial charge in [-0.1, -0.05) is 48.2 Å². The number of aromatic nitrogens is 1. The highest BCUT2D eigenvalue weighted by atomic mass is 35.5. The van der Waals surface area contributed by atoms with E-state index in [1.807, 2.05) is 36.5 Å². The summed E-state index contributed by atoms with van der Waals surface area (Å²) in [5.41, 5.74) is 3.31. The van der Waals surface area contributed by atoms with E-state index in [0.717, 1.165) is 34.6 Å². The van der Waals surface area contributed by atoms with Crippen molar-refractivity contribution in [3.63, 3.8) is 0 Å². The number of rotatable bonds is 5. The highest BCUT2D eigenvalue weighted by Gasteiger charge is 2.25. The predicted molar refractivity (Wildman–Crippen MR) is 129 cm³/mol. The van der Waals surface area contributed by atoms with E-state index in [1.165, 1.54) is 24.8 Å². The zero-order valence-corrected chi connectivity index (χ0v) is 19.1. The number of nitrogens with one attached hydrogen (secondary N) is 2. The van der Waals surface area contributed by atoms with Crippen LogP contribution < -0.4 is 10.6 Å². The van der Waals surface area contributed by atoms with Crippen LogP contribution in [0, 0.1) is 0 Å². The molecule has 1 saturated carbocycles. The van der Waals surface area contributed by atoms with Gasteiger partial charge < -0.3 is 10.6 Å². The molecule has 0 aliphatic heterocycles. The lowest BCUT2D eigenvalue weighted by Gasteiger charge is -2.34. The van der Waals surface area contributed by atoms with Gasteiger partial charge in [0.15, 0.2) is 0 Å². The first-order valence-electron chi connectivity index (χ1n) is 9.48. The first-order chi connectivity index (χ1) is 13.2. The molecule has 1 aromatic heterocycles. The highest BCUT2D eigenvalue weighted by molar-refractivity contribution is 6.31. The van der Waals surface area contributed by atoms with Gasteiger partial charge in [-0.3, -0.25) is 4.98 Å². The molecule has 0 amide bonds. The predicted octanol–water partition coefficient (Wildman–Crippen LogP) is 6.90. The van der Waals surface area contributed by atoms with E-state index < -0.39 is 0 Å². The molecule has 1 aliphatic carbocycles. The summed E-state index contributed by atoms with van der Waals surface area (Å²) in [6.07, 6.45) is 6.71. The Hall–Kier alpha value is -1.23. The van der Waals surface area contributed by atoms with E-state index >= 15 is 0 Å². The van der Waals surface area contributed by atoms with Crippen LogP contribution in [0.2, 0.25) is 10.0 Å². The Morgan fingerprint density at radius 3 is 2.31 bits per heavy atom. The van der Waals surface area contributed by atoms with Gasteiger partial charge in [0.25, 0.3) is 0 Å². The van der Waals surface area contributed by atoms with Crippen molar-refractivity contribution in [2.45, 2.75) is 44.3 Å². The van der Waals surface area contributed by atoms with Crippen LogP contribution in [0.5, 0.6) is 0 Å². The van der Waals surface area contributed by atoms with Crippen molar-refractivity contribution in [2.24, 2.45) is 0 Å². The van der Waals surface area contributed by atoms with E-state index in [0.29, 0.717) is 17.1 Å². The van der Waals surface area contributed by atoms with Crippen molar-refractivity contribution in [3.05, 3.63) is 70.3 Å². The molecular formula is C22H25Cl4N3. The number of benzene rings is 2. The van der Waals surface area contributed by atoms with E-state index in [4.69, 9.17) is 23.2 Å². The lowest BCUT2D eigenvalue weighted by molar-refractivity contribution is 0.342. The first-order valence-corrected chi connectivity index (χ1v) is 10.2. The quantitative estimate of drug-likeness (QED) is 0.424. The minimum atomic E-state index is 0. The number of anilines is 1. The summed E-state index contributed by atoms with van der Waals surface area (Å²) >= 11 is 12.1. The minimum Gasteiger partial charge on any atom is -0.380 e. The molecule has 2 N–H and O–H groups in total. The fourth-order valence-electron chi connectivity index (χ4n) is 3.85. The standard InChI is InChI=1S/C22H23Cl2N3.2ClH/c23-16-7-5-15(6-8-16)14-26-20-3-1-2-4-21(20)27-19-11-12-25-22-13-17(24)9-10-18(19)22;;/h5-13,20-21,26H,1-4,14H2,(H,25,27);2*1H/t20-,21-;;/m0../s1. The average molecular weight is 473 g/mol. The van der Waals surface area contributed by atoms with Crippen LogP contribution in [0.3, 0.4) is 0 Å². The number of fused-ring (bicyclic) bond motifs is 1. The summed E-state index contributed by atoms with van der Waals surface area (Å²) in [7, 11) is 0. The van der Waals surface area contributed by atoms with Crippen molar-refractivity contribution >= 4 is 64.6 Å². The number of nitrogens with zero attached hydrogens (tertiary/aromatic N) is 1. The molecule has 0 unspecified atom stereocenters. The largest absolute Gasteiger partial charge is 0.380 e. The smallest absolute Gasteiger partial charge is 0.0737 e. The van der Waals surface area contributed by atoms with Crippen LogP contribution >= 0.6 is 48.0 Å². The van der Waals surface area contributed by atoms with Crippen molar-refractivity contribution in [1.82, 2.24) is 10.3 Å². The molecule has 0 bridgehead atoms. The van der Waals surface area contributed by atoms with Crippen LogP contribution in [0.1, 0.15) is 31.2 Å². The number of halogens is 4. The molecule has 0 spiro atoms. The van der Waals surface area contributed by atoms with Crippen LogP contribution in [0.25, 0.3) is 10.9 Å². The maximum absolute atomic E-state index is 6.12. The van der Waals surface area contributed by atoms with Gasteiger partial charge in [-0.05, 0) is 54.8 Å². The molecule has 0 saturated heterocycles. The molecule has 7 heteroatoms. The molecule has 4 rings (SSSR count). The second-order valence-electron chi connectivity index (χ2n) is 7.17. The second kappa shape index (κ2) is 11.2. The molecule has 3 aromatic rings. The number of hydrogen-bond donors (Lipinski definition) is 2. The first kappa shape index (κ1) is 24.0. The molecule has 0 radical (unpaired) electrons. The third-order valence-electron chi connectivity index (χ3n) is 5.29. The Balaban J connectivity index is 0.00000150. The summed E-state index contributed by atoms with van der Waals surface area (Å²) in [6.45, 7) is 0.854. The molecule has 3 nitrogen and oxygen atoms in total. The average Bonchev–Trinajstić information content (AvgIpc) is 2.68. The highest BCUT2D eigenvalue weighted by Crippen LogP contribution is 2.28. The third-order valence-corrected chi connectivity index (χ3v) is 5.78. The summed E-state index contributed by atoms with van der Waals surface area (Å²) in [5.74, 6) is 0. The zero-order chi connectivity index (χ0) is 18.6. The molecule has 1 heterocycles. The van der Waals surface area contributed by atoms with Gasteiger partial charge in [0, 0.05) is 45.9 Å². The maximum Gasteiger partial charge on any atom is 0.0737 e. The molecular weight excluding hydrogens is 448 g/mol. The zero-order valence-electron chi connectivity index (χ0n) is 15.9. The number of pyridine rings is 1. The normalized spacial score (nSPS) is 18.6. The Kier molecular flexibility index (Phi) is 9.32. The van der Waals surface area contributed by atoms with Crippen LogP contribution in [-0.2, 0) is 6.54 Å². The van der Waals surface area contributed by atoms with Gasteiger partial charge in [-0.2, -0.15) is 0 Å². The SMILES string of the molecule is Cl.Cl.Clc1ccc(CN[C@H]2CCCC[C@@H]2Nc2ccnc3cc(Cl)ccc23)cc1. The molecule has 29 heavy (non-hydrogen) atoms. The van der Waals surface area contributed by atoms with Gasteiger partial charge in [0.2, 0.25) is 0 Å². The molecule has 2 aromatic carbocycles. The Morgan fingerprint density at radius 2 is 1.55 bits per heavy atom. The maximum atomic E-state index is 6.12. The summed E-state index contributed by atoms with van der Waals surface area (Å²) < 4.78 is 0. The van der Waals surface area contributed by atoms with Crippen molar-refractivity contribution in [1.29, 1.82) is 0 Å². The van der Waals surface area contributed by atoms with Crippen molar-refractivity contribution in [2.75, 3.05) is 5.32 Å². The third kappa shape index (κ3) is 6.13. The minimum absolute atomic E-state index is 0. The van der Waals surface area contributed by atoms with Crippen LogP contribution in [0.4, 0.5) is 5.69 Å². The Bertz CT molecular complexity index is 918. The lowest BCUT2D eigenvalue weighted by atomic mass is 9.89. The monoisotopic (exact) mass is 471 g/mol. The second-order valence-corrected chi connectivity index (χ2v) is 8.04. The van der Waals surface area contributed by atoms with Gasteiger partial charge in [0.1, 0.15) is 0 Å². The Morgan fingerprint density at radius 1 is 0.862 bits per heavy atom. The summed E-state index contributed by atoms with van der Waals surface area (Å²) in [4.78, 5) is 4.45. The summed E-state index contributed by atoms with van der Waals surface area (Å²) in [6, 6.07) is 16.8. The van der Waals surface area contributed by atoms with Gasteiger partial charge in [-0.25, -0.2) is 0 Å². The lowest BCUT2D eigenvalue weighted by Crippen LogP contribution is -2.45. The van der Waals surface area contributed by atoms with Gasteiger partial charge >= 0.3 is 0 Å². The number of hydrogen-bond acceptors (Lipinski definition) is 3. The summed E-state index contributed by atoms with van der Waals surface area (Å²) in [5, 5.41) is 10.1. The van der Waals surface area contributed by atoms with Crippen LogP contribution in [0.15, 0.2) is 54.7 Å². The van der Waals surface area contributed by atoms with Crippen molar-refractivity contribution < 1.29 is 0 Å². The Labute approximate surface area is 194 Å². The fraction of sp³-hybridized carbons (Fsp3) is 0.318. The van der Waals surface area contributed by atoms with Crippen molar-refractivity contribution in [3.8, 4) is 0 Å².